The highest BCUT2D eigenvalue weighted by atomic mass is 19.1. The molecule has 0 unspecified atom stereocenters. The summed E-state index contributed by atoms with van der Waals surface area (Å²) in [6.45, 7) is 15.8. The molecule has 4 aromatic heterocycles. The van der Waals surface area contributed by atoms with Gasteiger partial charge in [0, 0.05) is 71.5 Å². The minimum atomic E-state index is -0.273. The molecule has 0 bridgehead atoms. The lowest BCUT2D eigenvalue weighted by Crippen LogP contribution is -2.24. The minimum Gasteiger partial charge on any atom is -0.312 e. The summed E-state index contributed by atoms with van der Waals surface area (Å²) in [6, 6.07) is 57.2. The van der Waals surface area contributed by atoms with E-state index in [1.807, 2.05) is 24.3 Å². The molecule has 12 rings (SSSR count). The van der Waals surface area contributed by atoms with Crippen molar-refractivity contribution in [1.29, 1.82) is 0 Å². The molecule has 326 valence electrons. The third-order valence-corrected chi connectivity index (χ3v) is 14.0. The van der Waals surface area contributed by atoms with Crippen molar-refractivity contribution in [2.24, 2.45) is 0 Å². The average Bonchev–Trinajstić information content (AvgIpc) is 4.05. The van der Waals surface area contributed by atoms with Crippen LogP contribution in [-0.2, 0) is 0 Å². The quantitative estimate of drug-likeness (QED) is 0.144. The number of rotatable bonds is 9. The van der Waals surface area contributed by atoms with E-state index in [0.29, 0.717) is 11.8 Å². The van der Waals surface area contributed by atoms with Crippen LogP contribution in [0.5, 0.6) is 0 Å². The summed E-state index contributed by atoms with van der Waals surface area (Å²) in [7, 11) is 0. The van der Waals surface area contributed by atoms with Crippen LogP contribution in [0.25, 0.3) is 67.0 Å². The fourth-order valence-corrected chi connectivity index (χ4v) is 10.7. The number of anilines is 6. The molecule has 0 saturated carbocycles. The summed E-state index contributed by atoms with van der Waals surface area (Å²) < 4.78 is 33.8. The first-order chi connectivity index (χ1) is 32.6. The molecule has 0 radical (unpaired) electrons. The number of hydrogen-bond donors (Lipinski definition) is 0. The summed E-state index contributed by atoms with van der Waals surface area (Å²) >= 11 is 0. The predicted molar refractivity (Wildman–Crippen MR) is 278 cm³/mol. The maximum atomic E-state index is 14.5. The van der Waals surface area contributed by atoms with Gasteiger partial charge in [-0.2, -0.15) is 0 Å². The van der Waals surface area contributed by atoms with Crippen LogP contribution in [0.3, 0.4) is 0 Å². The van der Waals surface area contributed by atoms with Crippen molar-refractivity contribution >= 4 is 101 Å². The Morgan fingerprint density at radius 3 is 1.33 bits per heavy atom. The Labute approximate surface area is 387 Å². The van der Waals surface area contributed by atoms with Gasteiger partial charge in [-0.05, 0) is 133 Å². The Bertz CT molecular complexity index is 3960. The van der Waals surface area contributed by atoms with Gasteiger partial charge in [-0.15, -0.1) is 0 Å². The normalized spacial score (nSPS) is 12.5. The largest absolute Gasteiger partial charge is 0.312 e. The Morgan fingerprint density at radius 2 is 0.866 bits per heavy atom. The zero-order valence-corrected chi connectivity index (χ0v) is 38.1. The lowest BCUT2D eigenvalue weighted by atomic mass is 10.0. The van der Waals surface area contributed by atoms with Crippen LogP contribution in [0, 0.1) is 18.6 Å². The Kier molecular flexibility index (Phi) is 9.27. The van der Waals surface area contributed by atoms with Crippen molar-refractivity contribution in [2.75, 3.05) is 9.80 Å². The highest BCUT2D eigenvalue weighted by Gasteiger charge is 2.27. The average molecular weight is 875 g/mol. The molecule has 0 atom stereocenters. The van der Waals surface area contributed by atoms with Gasteiger partial charge in [0.15, 0.2) is 0 Å². The summed E-state index contributed by atoms with van der Waals surface area (Å²) in [5.41, 5.74) is 15.0. The van der Waals surface area contributed by atoms with E-state index in [9.17, 15) is 8.78 Å². The lowest BCUT2D eigenvalue weighted by Gasteiger charge is -2.27. The maximum absolute atomic E-state index is 14.5. The van der Waals surface area contributed by atoms with Crippen molar-refractivity contribution in [3.8, 4) is 0 Å². The summed E-state index contributed by atoms with van der Waals surface area (Å²) in [5, 5.41) is 8.71. The highest BCUT2D eigenvalue weighted by Crippen LogP contribution is 2.48. The molecule has 0 aliphatic rings. The van der Waals surface area contributed by atoms with Gasteiger partial charge in [0.1, 0.15) is 11.6 Å². The zero-order chi connectivity index (χ0) is 45.8. The van der Waals surface area contributed by atoms with Crippen LogP contribution in [0.15, 0.2) is 170 Å². The second kappa shape index (κ2) is 15.3. The Morgan fingerprint density at radius 1 is 0.463 bits per heavy atom. The molecule has 4 heterocycles. The van der Waals surface area contributed by atoms with Crippen molar-refractivity contribution in [1.82, 2.24) is 8.80 Å². The van der Waals surface area contributed by atoms with Gasteiger partial charge in [0.25, 0.3) is 0 Å². The number of halogens is 2. The topological polar surface area (TPSA) is 15.3 Å². The third kappa shape index (κ3) is 6.16. The van der Waals surface area contributed by atoms with E-state index in [-0.39, 0.29) is 11.6 Å². The SMILES string of the molecule is C=c1/c(=C\c2c(C)n3c4ccccc4c4c(N(c5ccc(F)cc5)c5ccc(C(C)C)cc5)ccc2c43)n2c3ccccc3c3c(N(c4ccc(F)cc4)c4ccc(C(C)C)cc4)ccc1c32. The third-order valence-electron chi connectivity index (χ3n) is 14.0. The first-order valence-corrected chi connectivity index (χ1v) is 23.1. The van der Waals surface area contributed by atoms with Gasteiger partial charge < -0.3 is 18.6 Å². The summed E-state index contributed by atoms with van der Waals surface area (Å²) in [6.07, 6.45) is 2.34. The van der Waals surface area contributed by atoms with Gasteiger partial charge in [0.05, 0.1) is 38.8 Å². The van der Waals surface area contributed by atoms with Crippen LogP contribution in [0.4, 0.5) is 42.9 Å². The Hall–Kier alpha value is -7.96. The van der Waals surface area contributed by atoms with Crippen molar-refractivity contribution < 1.29 is 8.78 Å². The summed E-state index contributed by atoms with van der Waals surface area (Å²) in [4.78, 5) is 4.51. The van der Waals surface area contributed by atoms with Crippen LogP contribution in [0.2, 0.25) is 0 Å². The standard InChI is InChI=1S/C61H48F2N4/c1-36(2)40-15-23-44(24-16-40)65(46-27-19-42(62)20-28-46)55-33-31-48-38(5)57(67-54-14-10-8-12-51(54)58(55)60(48)67)35-52-39(6)64-53-13-9-7-11-50(53)59-56(34-32-49(52)61(59)64)66(47-29-21-43(63)22-30-47)45-25-17-41(18-26-45)37(3)4/h7-37H,5H2,1-4,6H3/b57-35+. The molecule has 6 heteroatoms. The molecule has 0 saturated heterocycles. The molecule has 0 aliphatic carbocycles. The highest BCUT2D eigenvalue weighted by molar-refractivity contribution is 6.23. The fourth-order valence-electron chi connectivity index (χ4n) is 10.7. The molecule has 0 N–H and O–H groups in total. The smallest absolute Gasteiger partial charge is 0.123 e. The van der Waals surface area contributed by atoms with Crippen LogP contribution in [-0.4, -0.2) is 8.80 Å². The maximum Gasteiger partial charge on any atom is 0.123 e. The molecular weight excluding hydrogens is 827 g/mol. The van der Waals surface area contributed by atoms with Crippen LogP contribution < -0.4 is 20.4 Å². The van der Waals surface area contributed by atoms with E-state index in [1.54, 1.807) is 0 Å². The number of nitrogens with zero attached hydrogens (tertiary/aromatic N) is 4. The van der Waals surface area contributed by atoms with Gasteiger partial charge in [-0.1, -0.05) is 107 Å². The molecule has 0 fully saturated rings. The van der Waals surface area contributed by atoms with E-state index in [1.165, 1.54) is 35.4 Å². The molecule has 0 spiro atoms. The van der Waals surface area contributed by atoms with E-state index in [4.69, 9.17) is 6.58 Å². The number of benzene rings is 8. The minimum absolute atomic E-state index is 0.271. The molecule has 0 amide bonds. The molecule has 67 heavy (non-hydrogen) atoms. The van der Waals surface area contributed by atoms with Crippen molar-refractivity contribution in [3.05, 3.63) is 214 Å². The van der Waals surface area contributed by atoms with E-state index < -0.39 is 0 Å². The Balaban J connectivity index is 1.12. The zero-order valence-electron chi connectivity index (χ0n) is 38.1. The molecule has 0 aliphatic heterocycles. The van der Waals surface area contributed by atoms with Gasteiger partial charge >= 0.3 is 0 Å². The van der Waals surface area contributed by atoms with Crippen molar-refractivity contribution in [2.45, 2.75) is 46.5 Å². The number of aromatic nitrogens is 2. The lowest BCUT2D eigenvalue weighted by molar-refractivity contribution is 0.627. The fraction of sp³-hybridized carbons (Fsp3) is 0.115. The van der Waals surface area contributed by atoms with E-state index in [0.717, 1.165) is 110 Å². The predicted octanol–water partition coefficient (Wildman–Crippen LogP) is 15.7. The second-order valence-corrected chi connectivity index (χ2v) is 18.5. The molecular formula is C61H48F2N4. The first kappa shape index (κ1) is 40.5. The monoisotopic (exact) mass is 874 g/mol. The number of hydrogen-bond acceptors (Lipinski definition) is 2. The number of fused-ring (bicyclic) bond motifs is 6. The molecule has 12 aromatic rings. The number of aryl methyl sites for hydroxylation is 1. The van der Waals surface area contributed by atoms with Gasteiger partial charge in [-0.3, -0.25) is 0 Å². The van der Waals surface area contributed by atoms with Crippen LogP contribution in [0.1, 0.15) is 61.9 Å². The first-order valence-electron chi connectivity index (χ1n) is 23.1. The van der Waals surface area contributed by atoms with Gasteiger partial charge in [-0.25, -0.2) is 8.78 Å². The van der Waals surface area contributed by atoms with Gasteiger partial charge in [0.2, 0.25) is 0 Å². The van der Waals surface area contributed by atoms with Crippen LogP contribution >= 0.6 is 0 Å². The van der Waals surface area contributed by atoms with Crippen molar-refractivity contribution in [3.63, 3.8) is 0 Å². The van der Waals surface area contributed by atoms with E-state index >= 15 is 0 Å². The second-order valence-electron chi connectivity index (χ2n) is 18.5. The molecule has 4 nitrogen and oxygen atoms in total. The van der Waals surface area contributed by atoms with E-state index in [2.05, 4.69) is 181 Å². The number of para-hydroxylation sites is 2. The molecule has 8 aromatic carbocycles. The summed E-state index contributed by atoms with van der Waals surface area (Å²) in [5.74, 6) is 0.238.